The number of hydrogen-bond donors (Lipinski definition) is 2. The maximum absolute atomic E-state index is 13.3. The first-order valence-electron chi connectivity index (χ1n) is 21.3. The fourth-order valence-electron chi connectivity index (χ4n) is 8.60. The molecule has 11 heteroatoms. The third-order valence-electron chi connectivity index (χ3n) is 12.0. The van der Waals surface area contributed by atoms with Crippen molar-refractivity contribution >= 4 is 62.5 Å². The molecule has 2 aliphatic heterocycles. The van der Waals surface area contributed by atoms with Gasteiger partial charge in [0, 0.05) is 107 Å². The number of hydrogen-bond acceptors (Lipinski definition) is 5. The number of carbonyl (C=O) groups excluding carboxylic acids is 2. The first kappa shape index (κ1) is 42.1. The molecule has 61 heavy (non-hydrogen) atoms. The zero-order chi connectivity index (χ0) is 42.3. The third kappa shape index (κ3) is 10.3. The van der Waals surface area contributed by atoms with Crippen molar-refractivity contribution in [1.29, 1.82) is 0 Å². The Kier molecular flexibility index (Phi) is 13.4. The van der Waals surface area contributed by atoms with E-state index in [4.69, 9.17) is 23.2 Å². The van der Waals surface area contributed by atoms with E-state index in [9.17, 15) is 9.59 Å². The van der Waals surface area contributed by atoms with Gasteiger partial charge in [-0.3, -0.25) is 14.6 Å². The summed E-state index contributed by atoms with van der Waals surface area (Å²) in [5, 5.41) is 10.1. The van der Waals surface area contributed by atoms with Crippen LogP contribution in [-0.4, -0.2) is 75.1 Å². The Morgan fingerprint density at radius 3 is 1.48 bits per heavy atom. The molecule has 0 spiro atoms. The summed E-state index contributed by atoms with van der Waals surface area (Å²) < 4.78 is 4.21. The lowest BCUT2D eigenvalue weighted by Crippen LogP contribution is -2.46. The van der Waals surface area contributed by atoms with E-state index in [0.717, 1.165) is 89.8 Å². The fraction of sp³-hybridized carbons (Fsp3) is 0.300. The Hall–Kier alpha value is -5.61. The van der Waals surface area contributed by atoms with Crippen molar-refractivity contribution in [2.45, 2.75) is 70.7 Å². The van der Waals surface area contributed by atoms with Crippen LogP contribution >= 0.6 is 23.2 Å². The molecule has 0 radical (unpaired) electrons. The second kappa shape index (κ2) is 19.4. The topological polar surface area (TPSA) is 87.4 Å². The number of likely N-dealkylation sites (tertiary alicyclic amines) is 1. The van der Waals surface area contributed by atoms with Crippen LogP contribution in [0, 0.1) is 0 Å². The number of para-hydroxylation sites is 2. The number of nitrogens with one attached hydrogen (secondary N) is 2. The molecule has 2 fully saturated rings. The summed E-state index contributed by atoms with van der Waals surface area (Å²) in [6.07, 6.45) is 7.49. The highest BCUT2D eigenvalue weighted by atomic mass is 35.5. The van der Waals surface area contributed by atoms with E-state index >= 15 is 0 Å². The van der Waals surface area contributed by atoms with E-state index in [2.05, 4.69) is 72.7 Å². The van der Waals surface area contributed by atoms with Gasteiger partial charge in [-0.25, -0.2) is 0 Å². The van der Waals surface area contributed by atoms with Gasteiger partial charge in [-0.2, -0.15) is 0 Å². The molecule has 4 aromatic carbocycles. The van der Waals surface area contributed by atoms with Gasteiger partial charge in [-0.1, -0.05) is 83.9 Å². The quantitative estimate of drug-likeness (QED) is 0.143. The summed E-state index contributed by atoms with van der Waals surface area (Å²) in [5.74, 6) is -0.00400. The van der Waals surface area contributed by atoms with E-state index in [1.165, 1.54) is 5.69 Å². The van der Waals surface area contributed by atoms with Gasteiger partial charge in [-0.05, 0) is 111 Å². The molecule has 0 bridgehead atoms. The summed E-state index contributed by atoms with van der Waals surface area (Å²) in [5.41, 5.74) is 6.95. The Morgan fingerprint density at radius 1 is 0.607 bits per heavy atom. The molecule has 9 nitrogen and oxygen atoms in total. The van der Waals surface area contributed by atoms with E-state index in [1.807, 2.05) is 109 Å². The number of pyridine rings is 1. The van der Waals surface area contributed by atoms with E-state index in [0.29, 0.717) is 35.5 Å². The number of benzene rings is 4. The highest BCUT2D eigenvalue weighted by Gasteiger charge is 2.26. The average molecular weight is 855 g/mol. The van der Waals surface area contributed by atoms with Crippen LogP contribution in [0.25, 0.3) is 21.8 Å². The highest BCUT2D eigenvalue weighted by molar-refractivity contribution is 6.30. The second-order valence-electron chi connectivity index (χ2n) is 16.4. The van der Waals surface area contributed by atoms with Gasteiger partial charge < -0.3 is 29.6 Å². The van der Waals surface area contributed by atoms with Crippen molar-refractivity contribution in [2.75, 3.05) is 31.1 Å². The van der Waals surface area contributed by atoms with Crippen LogP contribution in [0.5, 0.6) is 0 Å². The molecular formula is C50H53Cl2N7O2. The van der Waals surface area contributed by atoms with Gasteiger partial charge in [0.25, 0.3) is 11.8 Å². The minimum absolute atomic E-state index is 0.0122. The second-order valence-corrected chi connectivity index (χ2v) is 17.3. The Bertz CT molecular complexity index is 2550. The van der Waals surface area contributed by atoms with E-state index in [-0.39, 0.29) is 23.9 Å². The highest BCUT2D eigenvalue weighted by Crippen LogP contribution is 2.26. The van der Waals surface area contributed by atoms with Crippen molar-refractivity contribution in [3.8, 4) is 0 Å². The number of carbonyl (C=O) groups is 2. The number of aromatic nitrogens is 3. The average Bonchev–Trinajstić information content (AvgIpc) is 3.84. The van der Waals surface area contributed by atoms with Gasteiger partial charge in [0.05, 0.1) is 0 Å². The van der Waals surface area contributed by atoms with Gasteiger partial charge >= 0.3 is 0 Å². The molecule has 9 rings (SSSR count). The molecule has 3 aromatic heterocycles. The third-order valence-corrected chi connectivity index (χ3v) is 12.6. The lowest BCUT2D eigenvalue weighted by Gasteiger charge is -2.34. The molecule has 2 amide bonds. The zero-order valence-electron chi connectivity index (χ0n) is 34.8. The number of fused-ring (bicyclic) bond motifs is 2. The number of amides is 2. The predicted molar refractivity (Wildman–Crippen MR) is 249 cm³/mol. The van der Waals surface area contributed by atoms with Crippen molar-refractivity contribution in [1.82, 2.24) is 29.7 Å². The molecule has 2 N–H and O–H groups in total. The maximum Gasteiger partial charge on any atom is 0.268 e. The van der Waals surface area contributed by atoms with Crippen LogP contribution in [-0.2, 0) is 13.1 Å². The minimum Gasteiger partial charge on any atom is -0.371 e. The largest absolute Gasteiger partial charge is 0.371 e. The number of nitrogens with zero attached hydrogens (tertiary/aromatic N) is 5. The van der Waals surface area contributed by atoms with Crippen LogP contribution in [0.2, 0.25) is 10.0 Å². The summed E-state index contributed by atoms with van der Waals surface area (Å²) in [6.45, 7) is 9.63. The van der Waals surface area contributed by atoms with Crippen molar-refractivity contribution in [3.63, 3.8) is 0 Å². The molecule has 314 valence electrons. The lowest BCUT2D eigenvalue weighted by molar-refractivity contribution is 0.0890. The van der Waals surface area contributed by atoms with Crippen LogP contribution in [0.3, 0.4) is 0 Å². The summed E-state index contributed by atoms with van der Waals surface area (Å²) >= 11 is 12.1. The molecule has 2 saturated heterocycles. The SMILES string of the molecule is CC(C)N1CCC(NC(=O)c2cc3ccccc3n2Cc2ccc(Cl)cc2)CC1.O=C(NC1CCN(c2ccncc2)CC1)c1cc2ccccc2n1Cc1ccc(Cl)cc1. The van der Waals surface area contributed by atoms with Crippen molar-refractivity contribution in [2.24, 2.45) is 0 Å². The molecule has 0 aliphatic carbocycles. The molecule has 0 unspecified atom stereocenters. The number of piperidine rings is 2. The Morgan fingerprint density at radius 2 is 1.03 bits per heavy atom. The van der Waals surface area contributed by atoms with Crippen LogP contribution in [0.4, 0.5) is 5.69 Å². The van der Waals surface area contributed by atoms with Crippen molar-refractivity contribution in [3.05, 3.63) is 166 Å². The lowest BCUT2D eigenvalue weighted by atomic mass is 10.0. The maximum atomic E-state index is 13.3. The van der Waals surface area contributed by atoms with Gasteiger partial charge in [0.2, 0.25) is 0 Å². The molecule has 5 heterocycles. The molecule has 0 atom stereocenters. The molecule has 2 aliphatic rings. The molecule has 0 saturated carbocycles. The van der Waals surface area contributed by atoms with Crippen LogP contribution in [0.1, 0.15) is 71.6 Å². The van der Waals surface area contributed by atoms with Gasteiger partial charge in [0.1, 0.15) is 11.4 Å². The van der Waals surface area contributed by atoms with Crippen LogP contribution in [0.15, 0.2) is 134 Å². The summed E-state index contributed by atoms with van der Waals surface area (Å²) in [6, 6.07) is 40.9. The van der Waals surface area contributed by atoms with E-state index < -0.39 is 0 Å². The number of halogens is 2. The summed E-state index contributed by atoms with van der Waals surface area (Å²) in [7, 11) is 0. The van der Waals surface area contributed by atoms with Crippen molar-refractivity contribution < 1.29 is 9.59 Å². The first-order valence-corrected chi connectivity index (χ1v) is 22.1. The molecular weight excluding hydrogens is 802 g/mol. The van der Waals surface area contributed by atoms with Gasteiger partial charge in [-0.15, -0.1) is 0 Å². The Balaban J connectivity index is 0.000000169. The predicted octanol–water partition coefficient (Wildman–Crippen LogP) is 10.1. The van der Waals surface area contributed by atoms with E-state index in [1.54, 1.807) is 0 Å². The van der Waals surface area contributed by atoms with Gasteiger partial charge in [0.15, 0.2) is 0 Å². The summed E-state index contributed by atoms with van der Waals surface area (Å²) in [4.78, 5) is 35.4. The zero-order valence-corrected chi connectivity index (χ0v) is 36.3. The normalized spacial score (nSPS) is 15.2. The fourth-order valence-corrected chi connectivity index (χ4v) is 8.85. The Labute approximate surface area is 368 Å². The molecule has 7 aromatic rings. The first-order chi connectivity index (χ1) is 29.7. The number of rotatable bonds is 10. The van der Waals surface area contributed by atoms with Crippen LogP contribution < -0.4 is 15.5 Å². The number of anilines is 1. The smallest absolute Gasteiger partial charge is 0.268 e. The standard InChI is InChI=1S/C26H25ClN4O.C24H28ClN3O/c27-21-7-5-19(6-8-21)18-31-24-4-2-1-3-20(24)17-25(31)26(32)29-22-11-15-30(16-12-22)23-9-13-28-14-10-23;1-17(2)27-13-11-21(12-14-27)26-24(29)23-15-19-5-3-4-6-22(19)28(23)16-18-7-9-20(25)10-8-18/h1-10,13-14,17,22H,11-12,15-16,18H2,(H,29,32);3-10,15,17,21H,11-14,16H2,1-2H3,(H,26,29). The monoisotopic (exact) mass is 853 g/mol. The minimum atomic E-state index is -0.0162.